The van der Waals surface area contributed by atoms with Crippen molar-refractivity contribution < 1.29 is 0 Å². The van der Waals surface area contributed by atoms with Gasteiger partial charge in [-0.3, -0.25) is 0 Å². The number of hydrazone groups is 1. The molecule has 0 amide bonds. The van der Waals surface area contributed by atoms with E-state index >= 15 is 0 Å². The van der Waals surface area contributed by atoms with Crippen molar-refractivity contribution in [1.29, 1.82) is 0 Å². The summed E-state index contributed by atoms with van der Waals surface area (Å²) >= 11 is 1.48. The van der Waals surface area contributed by atoms with Gasteiger partial charge in [-0.1, -0.05) is 11.8 Å². The van der Waals surface area contributed by atoms with Gasteiger partial charge in [0.15, 0.2) is 5.17 Å². The molecule has 1 aromatic carbocycles. The summed E-state index contributed by atoms with van der Waals surface area (Å²) in [6.45, 7) is 10.9. The van der Waals surface area contributed by atoms with Crippen molar-refractivity contribution in [2.45, 2.75) is 40.4 Å². The molecule has 3 nitrogen and oxygen atoms in total. The molecule has 18 heavy (non-hydrogen) atoms. The van der Waals surface area contributed by atoms with E-state index in [1.807, 2.05) is 0 Å². The lowest BCUT2D eigenvalue weighted by molar-refractivity contribution is 1.12. The quantitative estimate of drug-likeness (QED) is 0.380. The lowest BCUT2D eigenvalue weighted by atomic mass is 9.90. The normalized spacial score (nSPS) is 11.3. The Balaban J connectivity index is 0.00000289. The van der Waals surface area contributed by atoms with E-state index in [2.05, 4.69) is 39.7 Å². The van der Waals surface area contributed by atoms with Crippen LogP contribution in [0, 0.1) is 34.6 Å². The van der Waals surface area contributed by atoms with Gasteiger partial charge in [0.1, 0.15) is 0 Å². The number of nitrogens with two attached hydrogens (primary N) is 2. The zero-order valence-corrected chi connectivity index (χ0v) is 13.3. The number of hydrogen-bond donors (Lipinski definition) is 2. The van der Waals surface area contributed by atoms with E-state index in [1.54, 1.807) is 0 Å². The van der Waals surface area contributed by atoms with Gasteiger partial charge in [0.25, 0.3) is 0 Å². The van der Waals surface area contributed by atoms with Crippen LogP contribution in [0.4, 0.5) is 0 Å². The number of rotatable bonds is 2. The smallest absolute Gasteiger partial charge is 0.177 e. The minimum atomic E-state index is 0. The highest BCUT2D eigenvalue weighted by Gasteiger charge is 2.12. The minimum absolute atomic E-state index is 0. The van der Waals surface area contributed by atoms with E-state index in [1.165, 1.54) is 45.1 Å². The van der Waals surface area contributed by atoms with Crippen LogP contribution in [0.2, 0.25) is 0 Å². The summed E-state index contributed by atoms with van der Waals surface area (Å²) in [5.74, 6) is 5.96. The molecule has 0 spiro atoms. The molecular formula is C13H22ClN3S. The Morgan fingerprint density at radius 3 is 1.72 bits per heavy atom. The van der Waals surface area contributed by atoms with Crippen molar-refractivity contribution >= 4 is 29.3 Å². The predicted octanol–water partition coefficient (Wildman–Crippen LogP) is 3.07. The topological polar surface area (TPSA) is 64.4 Å². The number of thioether (sulfide) groups is 1. The van der Waals surface area contributed by atoms with Gasteiger partial charge >= 0.3 is 0 Å². The summed E-state index contributed by atoms with van der Waals surface area (Å²) in [5, 5.41) is 3.91. The van der Waals surface area contributed by atoms with Gasteiger partial charge < -0.3 is 11.6 Å². The molecule has 0 saturated carbocycles. The molecule has 102 valence electrons. The van der Waals surface area contributed by atoms with Crippen LogP contribution in [0.3, 0.4) is 0 Å². The zero-order valence-electron chi connectivity index (χ0n) is 11.6. The molecule has 0 aliphatic rings. The maximum Gasteiger partial charge on any atom is 0.177 e. The van der Waals surface area contributed by atoms with Crippen LogP contribution >= 0.6 is 24.2 Å². The van der Waals surface area contributed by atoms with Gasteiger partial charge in [0.05, 0.1) is 0 Å². The minimum Gasteiger partial charge on any atom is -0.377 e. The molecule has 0 heterocycles. The fourth-order valence-corrected chi connectivity index (χ4v) is 2.78. The Kier molecular flexibility index (Phi) is 6.57. The Hall–Kier alpha value is -0.870. The number of hydrogen-bond acceptors (Lipinski definition) is 3. The SMILES string of the molecule is Cc1c(C)c(C)c(CS/C(N)=N/N)c(C)c1C.Cl. The molecule has 0 atom stereocenters. The lowest BCUT2D eigenvalue weighted by Crippen LogP contribution is -2.10. The number of halogens is 1. The summed E-state index contributed by atoms with van der Waals surface area (Å²) in [7, 11) is 0. The molecule has 0 unspecified atom stereocenters. The van der Waals surface area contributed by atoms with Crippen LogP contribution in [0.5, 0.6) is 0 Å². The van der Waals surface area contributed by atoms with Crippen molar-refractivity contribution in [3.8, 4) is 0 Å². The molecule has 5 heteroatoms. The molecular weight excluding hydrogens is 266 g/mol. The van der Waals surface area contributed by atoms with E-state index in [-0.39, 0.29) is 12.4 Å². The number of benzene rings is 1. The fourth-order valence-electron chi connectivity index (χ4n) is 1.98. The predicted molar refractivity (Wildman–Crippen MR) is 84.5 cm³/mol. The van der Waals surface area contributed by atoms with Gasteiger partial charge in [0, 0.05) is 5.75 Å². The Labute approximate surface area is 120 Å². The summed E-state index contributed by atoms with van der Waals surface area (Å²) in [6, 6.07) is 0. The molecule has 0 bridgehead atoms. The van der Waals surface area contributed by atoms with E-state index in [0.717, 1.165) is 5.75 Å². The summed E-state index contributed by atoms with van der Waals surface area (Å²) in [6.07, 6.45) is 0. The number of amidine groups is 1. The van der Waals surface area contributed by atoms with Crippen molar-refractivity contribution in [1.82, 2.24) is 0 Å². The second kappa shape index (κ2) is 6.90. The molecule has 0 fully saturated rings. The van der Waals surface area contributed by atoms with E-state index < -0.39 is 0 Å². The summed E-state index contributed by atoms with van der Waals surface area (Å²) in [5.41, 5.74) is 13.8. The van der Waals surface area contributed by atoms with E-state index in [4.69, 9.17) is 11.6 Å². The monoisotopic (exact) mass is 287 g/mol. The fraction of sp³-hybridized carbons (Fsp3) is 0.462. The van der Waals surface area contributed by atoms with Crippen LogP contribution in [0.25, 0.3) is 0 Å². The van der Waals surface area contributed by atoms with Gasteiger partial charge in [-0.05, 0) is 68.0 Å². The van der Waals surface area contributed by atoms with Crippen molar-refractivity contribution in [3.63, 3.8) is 0 Å². The van der Waals surface area contributed by atoms with Gasteiger partial charge in [-0.2, -0.15) is 5.10 Å². The Bertz CT molecular complexity index is 441. The third kappa shape index (κ3) is 3.33. The van der Waals surface area contributed by atoms with Crippen LogP contribution in [-0.2, 0) is 5.75 Å². The molecule has 1 aromatic rings. The third-order valence-electron chi connectivity index (χ3n) is 3.65. The molecule has 0 radical (unpaired) electrons. The molecule has 0 aromatic heterocycles. The molecule has 1 rings (SSSR count). The van der Waals surface area contributed by atoms with Crippen LogP contribution in [0.1, 0.15) is 33.4 Å². The Morgan fingerprint density at radius 2 is 1.33 bits per heavy atom. The van der Waals surface area contributed by atoms with Crippen molar-refractivity contribution in [3.05, 3.63) is 33.4 Å². The molecule has 0 aliphatic heterocycles. The van der Waals surface area contributed by atoms with Crippen LogP contribution < -0.4 is 11.6 Å². The second-order valence-electron chi connectivity index (χ2n) is 4.36. The van der Waals surface area contributed by atoms with Gasteiger partial charge in [-0.15, -0.1) is 12.4 Å². The van der Waals surface area contributed by atoms with Crippen molar-refractivity contribution in [2.75, 3.05) is 0 Å². The Morgan fingerprint density at radius 1 is 0.944 bits per heavy atom. The highest BCUT2D eigenvalue weighted by molar-refractivity contribution is 8.13. The largest absolute Gasteiger partial charge is 0.377 e. The first-order chi connectivity index (χ1) is 7.90. The van der Waals surface area contributed by atoms with Gasteiger partial charge in [-0.25, -0.2) is 0 Å². The average Bonchev–Trinajstić information content (AvgIpc) is 2.33. The highest BCUT2D eigenvalue weighted by Crippen LogP contribution is 2.28. The average molecular weight is 288 g/mol. The maximum absolute atomic E-state index is 5.61. The van der Waals surface area contributed by atoms with Crippen LogP contribution in [0.15, 0.2) is 5.10 Å². The zero-order chi connectivity index (χ0) is 13.2. The molecule has 0 aliphatic carbocycles. The van der Waals surface area contributed by atoms with Crippen LogP contribution in [-0.4, -0.2) is 5.17 Å². The first-order valence-electron chi connectivity index (χ1n) is 5.62. The maximum atomic E-state index is 5.61. The summed E-state index contributed by atoms with van der Waals surface area (Å²) in [4.78, 5) is 0. The molecule has 0 saturated heterocycles. The van der Waals surface area contributed by atoms with E-state index in [0.29, 0.717) is 5.17 Å². The molecule has 4 N–H and O–H groups in total. The first kappa shape index (κ1) is 17.1. The van der Waals surface area contributed by atoms with Gasteiger partial charge in [0.2, 0.25) is 0 Å². The second-order valence-corrected chi connectivity index (χ2v) is 5.36. The first-order valence-corrected chi connectivity index (χ1v) is 6.60. The third-order valence-corrected chi connectivity index (χ3v) is 4.48. The van der Waals surface area contributed by atoms with Crippen molar-refractivity contribution in [2.24, 2.45) is 16.7 Å². The van der Waals surface area contributed by atoms with E-state index in [9.17, 15) is 0 Å². The number of nitrogens with zero attached hydrogens (tertiary/aromatic N) is 1. The summed E-state index contributed by atoms with van der Waals surface area (Å²) < 4.78 is 0. The standard InChI is InChI=1S/C13H21N3S.ClH/c1-7-8(2)10(4)12(11(5)9(7)3)6-17-13(14)16-15;/h6,15H2,1-5H3,(H2,14,16);1H. The highest BCUT2D eigenvalue weighted by atomic mass is 35.5. The lowest BCUT2D eigenvalue weighted by Gasteiger charge is -2.18.